The number of hydrazone groups is 1. The summed E-state index contributed by atoms with van der Waals surface area (Å²) in [4.78, 5) is 0. The van der Waals surface area contributed by atoms with Gasteiger partial charge in [-0.3, -0.25) is 5.43 Å². The number of aryl methyl sites for hydroxylation is 1. The molecule has 4 nitrogen and oxygen atoms in total. The zero-order valence-electron chi connectivity index (χ0n) is 12.0. The van der Waals surface area contributed by atoms with Crippen LogP contribution in [0.2, 0.25) is 0 Å². The fourth-order valence-corrected chi connectivity index (χ4v) is 1.96. The van der Waals surface area contributed by atoms with Gasteiger partial charge in [0.25, 0.3) is 0 Å². The van der Waals surface area contributed by atoms with Gasteiger partial charge in [0.05, 0.1) is 13.3 Å². The Kier molecular flexibility index (Phi) is 5.29. The Balaban J connectivity index is 1.95. The van der Waals surface area contributed by atoms with Gasteiger partial charge in [0.2, 0.25) is 0 Å². The molecule has 0 radical (unpaired) electrons. The molecular formula is C16H17N3OS. The molecule has 0 bridgehead atoms. The lowest BCUT2D eigenvalue weighted by Gasteiger charge is -2.09. The van der Waals surface area contributed by atoms with E-state index in [9.17, 15) is 0 Å². The minimum atomic E-state index is 0.440. The Bertz CT molecular complexity index is 655. The second-order valence-corrected chi connectivity index (χ2v) is 4.79. The highest BCUT2D eigenvalue weighted by molar-refractivity contribution is 7.80. The van der Waals surface area contributed by atoms with Crippen molar-refractivity contribution >= 4 is 29.2 Å². The average molecular weight is 299 g/mol. The van der Waals surface area contributed by atoms with Crippen LogP contribution >= 0.6 is 12.2 Å². The van der Waals surface area contributed by atoms with Gasteiger partial charge in [-0.2, -0.15) is 5.10 Å². The largest absolute Gasteiger partial charge is 0.496 e. The zero-order chi connectivity index (χ0) is 15.1. The van der Waals surface area contributed by atoms with Crippen molar-refractivity contribution in [3.63, 3.8) is 0 Å². The first-order valence-electron chi connectivity index (χ1n) is 6.49. The number of hydrogen-bond acceptors (Lipinski definition) is 3. The van der Waals surface area contributed by atoms with Crippen LogP contribution in [-0.4, -0.2) is 18.4 Å². The van der Waals surface area contributed by atoms with Crippen molar-refractivity contribution in [3.05, 3.63) is 59.7 Å². The smallest absolute Gasteiger partial charge is 0.191 e. The molecule has 0 heterocycles. The summed E-state index contributed by atoms with van der Waals surface area (Å²) in [6.45, 7) is 2.02. The lowest BCUT2D eigenvalue weighted by Crippen LogP contribution is -2.24. The zero-order valence-corrected chi connectivity index (χ0v) is 12.8. The molecule has 0 saturated carbocycles. The normalized spacial score (nSPS) is 10.4. The molecule has 21 heavy (non-hydrogen) atoms. The molecule has 0 amide bonds. The summed E-state index contributed by atoms with van der Waals surface area (Å²) in [6, 6.07) is 15.6. The Morgan fingerprint density at radius 3 is 2.62 bits per heavy atom. The number of para-hydroxylation sites is 2. The second kappa shape index (κ2) is 7.40. The number of methoxy groups -OCH3 is 1. The summed E-state index contributed by atoms with van der Waals surface area (Å²) in [5.74, 6) is 0.765. The standard InChI is InChI=1S/C16H17N3OS/c1-12-7-3-5-9-14(12)18-16(21)19-17-11-13-8-4-6-10-15(13)20-2/h3-11H,1-2H3,(H2,18,19,21). The van der Waals surface area contributed by atoms with Gasteiger partial charge in [0, 0.05) is 11.3 Å². The van der Waals surface area contributed by atoms with Crippen molar-refractivity contribution in [2.24, 2.45) is 5.10 Å². The lowest BCUT2D eigenvalue weighted by molar-refractivity contribution is 0.414. The molecule has 5 heteroatoms. The van der Waals surface area contributed by atoms with Crippen LogP contribution in [0.4, 0.5) is 5.69 Å². The molecule has 0 aliphatic carbocycles. The molecule has 108 valence electrons. The molecule has 2 aromatic carbocycles. The third kappa shape index (κ3) is 4.29. The first kappa shape index (κ1) is 15.0. The highest BCUT2D eigenvalue weighted by Crippen LogP contribution is 2.15. The van der Waals surface area contributed by atoms with E-state index < -0.39 is 0 Å². The second-order valence-electron chi connectivity index (χ2n) is 4.38. The fraction of sp³-hybridized carbons (Fsp3) is 0.125. The van der Waals surface area contributed by atoms with E-state index in [1.165, 1.54) is 0 Å². The van der Waals surface area contributed by atoms with E-state index in [-0.39, 0.29) is 0 Å². The molecule has 0 unspecified atom stereocenters. The van der Waals surface area contributed by atoms with Crippen LogP contribution in [0.1, 0.15) is 11.1 Å². The minimum Gasteiger partial charge on any atom is -0.496 e. The maximum atomic E-state index is 5.25. The molecular weight excluding hydrogens is 282 g/mol. The number of anilines is 1. The SMILES string of the molecule is COc1ccccc1C=NNC(=S)Nc1ccccc1C. The molecule has 0 aliphatic heterocycles. The fourth-order valence-electron chi connectivity index (χ4n) is 1.80. The Morgan fingerprint density at radius 2 is 1.86 bits per heavy atom. The van der Waals surface area contributed by atoms with Crippen molar-refractivity contribution in [2.45, 2.75) is 6.92 Å². The van der Waals surface area contributed by atoms with Gasteiger partial charge in [0.15, 0.2) is 5.11 Å². The average Bonchev–Trinajstić information content (AvgIpc) is 2.50. The third-order valence-corrected chi connectivity index (χ3v) is 3.10. The number of ether oxygens (including phenoxy) is 1. The van der Waals surface area contributed by atoms with Crippen LogP contribution in [0.15, 0.2) is 53.6 Å². The van der Waals surface area contributed by atoms with Crippen LogP contribution in [0.5, 0.6) is 5.75 Å². The van der Waals surface area contributed by atoms with Gasteiger partial charge < -0.3 is 10.1 Å². The molecule has 0 atom stereocenters. The van der Waals surface area contributed by atoms with Gasteiger partial charge >= 0.3 is 0 Å². The Hall–Kier alpha value is -2.40. The van der Waals surface area contributed by atoms with Crippen LogP contribution in [0.25, 0.3) is 0 Å². The summed E-state index contributed by atoms with van der Waals surface area (Å²) >= 11 is 5.21. The number of nitrogens with zero attached hydrogens (tertiary/aromatic N) is 1. The predicted molar refractivity (Wildman–Crippen MR) is 91.1 cm³/mol. The number of rotatable bonds is 4. The molecule has 0 aliphatic rings. The highest BCUT2D eigenvalue weighted by Gasteiger charge is 2.00. The molecule has 0 fully saturated rings. The van der Waals surface area contributed by atoms with Crippen LogP contribution in [-0.2, 0) is 0 Å². The predicted octanol–water partition coefficient (Wildman–Crippen LogP) is 3.32. The van der Waals surface area contributed by atoms with E-state index in [0.29, 0.717) is 5.11 Å². The summed E-state index contributed by atoms with van der Waals surface area (Å²) in [5, 5.41) is 7.66. The van der Waals surface area contributed by atoms with Crippen molar-refractivity contribution in [1.82, 2.24) is 5.43 Å². The molecule has 2 N–H and O–H groups in total. The van der Waals surface area contributed by atoms with E-state index >= 15 is 0 Å². The topological polar surface area (TPSA) is 45.6 Å². The van der Waals surface area contributed by atoms with E-state index in [1.807, 2.05) is 55.5 Å². The first-order valence-corrected chi connectivity index (χ1v) is 6.90. The summed E-state index contributed by atoms with van der Waals surface area (Å²) in [5.41, 5.74) is 5.75. The molecule has 0 aromatic heterocycles. The number of thiocarbonyl (C=S) groups is 1. The molecule has 0 spiro atoms. The first-order chi connectivity index (χ1) is 10.2. The highest BCUT2D eigenvalue weighted by atomic mass is 32.1. The number of benzene rings is 2. The maximum Gasteiger partial charge on any atom is 0.191 e. The van der Waals surface area contributed by atoms with E-state index in [2.05, 4.69) is 15.8 Å². The van der Waals surface area contributed by atoms with Gasteiger partial charge in [0.1, 0.15) is 5.75 Å². The summed E-state index contributed by atoms with van der Waals surface area (Å²) in [7, 11) is 1.63. The number of hydrogen-bond donors (Lipinski definition) is 2. The van der Waals surface area contributed by atoms with Crippen LogP contribution < -0.4 is 15.5 Å². The summed E-state index contributed by atoms with van der Waals surface area (Å²) in [6.07, 6.45) is 1.67. The van der Waals surface area contributed by atoms with Crippen LogP contribution in [0, 0.1) is 6.92 Å². The molecule has 2 aromatic rings. The van der Waals surface area contributed by atoms with Crippen molar-refractivity contribution in [1.29, 1.82) is 0 Å². The minimum absolute atomic E-state index is 0.440. The van der Waals surface area contributed by atoms with Crippen LogP contribution in [0.3, 0.4) is 0 Å². The lowest BCUT2D eigenvalue weighted by atomic mass is 10.2. The monoisotopic (exact) mass is 299 g/mol. The van der Waals surface area contributed by atoms with Gasteiger partial charge in [-0.05, 0) is 42.9 Å². The Morgan fingerprint density at radius 1 is 1.14 bits per heavy atom. The molecule has 0 saturated heterocycles. The van der Waals surface area contributed by atoms with Gasteiger partial charge in [-0.25, -0.2) is 0 Å². The van der Waals surface area contributed by atoms with Crippen molar-refractivity contribution in [2.75, 3.05) is 12.4 Å². The van der Waals surface area contributed by atoms with E-state index in [0.717, 1.165) is 22.6 Å². The molecule has 2 rings (SSSR count). The van der Waals surface area contributed by atoms with Gasteiger partial charge in [-0.1, -0.05) is 30.3 Å². The Labute approximate surface area is 129 Å². The maximum absolute atomic E-state index is 5.25. The van der Waals surface area contributed by atoms with E-state index in [4.69, 9.17) is 17.0 Å². The van der Waals surface area contributed by atoms with Crippen molar-refractivity contribution in [3.8, 4) is 5.75 Å². The number of nitrogens with one attached hydrogen (secondary N) is 2. The summed E-state index contributed by atoms with van der Waals surface area (Å²) < 4.78 is 5.25. The van der Waals surface area contributed by atoms with E-state index in [1.54, 1.807) is 13.3 Å². The van der Waals surface area contributed by atoms with Crippen molar-refractivity contribution < 1.29 is 4.74 Å². The third-order valence-electron chi connectivity index (χ3n) is 2.90. The van der Waals surface area contributed by atoms with Gasteiger partial charge in [-0.15, -0.1) is 0 Å². The quantitative estimate of drug-likeness (QED) is 0.516.